The number of hydrogen-bond donors (Lipinski definition) is 1. The Hall–Kier alpha value is -0.910. The lowest BCUT2D eigenvalue weighted by molar-refractivity contribution is -0.140. The zero-order chi connectivity index (χ0) is 13.0. The summed E-state index contributed by atoms with van der Waals surface area (Å²) < 4.78 is 13.6. The predicted octanol–water partition coefficient (Wildman–Crippen LogP) is 1.20. The van der Waals surface area contributed by atoms with E-state index < -0.39 is 0 Å². The highest BCUT2D eigenvalue weighted by atomic mass is 16.5. The van der Waals surface area contributed by atoms with E-state index in [1.807, 2.05) is 18.7 Å². The van der Waals surface area contributed by atoms with Crippen LogP contribution in [0.5, 0.6) is 0 Å². The summed E-state index contributed by atoms with van der Waals surface area (Å²) in [5, 5.41) is 3.66. The molecule has 2 aliphatic rings. The molecule has 0 saturated carbocycles. The van der Waals surface area contributed by atoms with Gasteiger partial charge in [0, 0.05) is 51.3 Å². The minimum atomic E-state index is 0.0865. The van der Waals surface area contributed by atoms with E-state index >= 15 is 0 Å². The molecule has 0 radical (unpaired) electrons. The molecule has 1 atom stereocenters. The summed E-state index contributed by atoms with van der Waals surface area (Å²) in [5.74, 6) is 0. The van der Waals surface area contributed by atoms with Gasteiger partial charge in [-0.3, -0.25) is 0 Å². The molecule has 3 rings (SSSR count). The molecule has 19 heavy (non-hydrogen) atoms. The van der Waals surface area contributed by atoms with Gasteiger partial charge in [-0.2, -0.15) is 0 Å². The average Bonchev–Trinajstić information content (AvgIpc) is 2.93. The number of aromatic nitrogens is 2. The molecule has 1 unspecified atom stereocenters. The lowest BCUT2D eigenvalue weighted by atomic mass is 9.84. The summed E-state index contributed by atoms with van der Waals surface area (Å²) in [7, 11) is 0. The summed E-state index contributed by atoms with van der Waals surface area (Å²) in [6.07, 6.45) is 10.0. The first-order valence-electron chi connectivity index (χ1n) is 7.27. The molecule has 2 saturated heterocycles. The van der Waals surface area contributed by atoms with Crippen LogP contribution in [0.25, 0.3) is 0 Å². The lowest BCUT2D eigenvalue weighted by Crippen LogP contribution is -2.50. The lowest BCUT2D eigenvalue weighted by Gasteiger charge is -2.43. The number of rotatable bonds is 4. The Kier molecular flexibility index (Phi) is 4.15. The number of nitrogens with zero attached hydrogens (tertiary/aromatic N) is 2. The van der Waals surface area contributed by atoms with Gasteiger partial charge in [0.25, 0.3) is 0 Å². The fourth-order valence-electron chi connectivity index (χ4n) is 3.11. The Morgan fingerprint density at radius 3 is 3.00 bits per heavy atom. The van der Waals surface area contributed by atoms with E-state index in [0.717, 1.165) is 58.6 Å². The molecule has 1 aromatic heterocycles. The third-order valence-corrected chi connectivity index (χ3v) is 4.26. The summed E-state index contributed by atoms with van der Waals surface area (Å²) >= 11 is 0. The maximum absolute atomic E-state index is 6.05. The maximum atomic E-state index is 6.05. The zero-order valence-electron chi connectivity index (χ0n) is 11.4. The molecule has 0 amide bonds. The van der Waals surface area contributed by atoms with Crippen molar-refractivity contribution in [2.45, 2.75) is 43.9 Å². The molecule has 0 aliphatic carbocycles. The number of ether oxygens (including phenoxy) is 2. The number of imidazole rings is 1. The van der Waals surface area contributed by atoms with Crippen LogP contribution in [0.4, 0.5) is 0 Å². The fourth-order valence-corrected chi connectivity index (χ4v) is 3.11. The molecule has 5 heteroatoms. The van der Waals surface area contributed by atoms with E-state index in [1.54, 1.807) is 0 Å². The summed E-state index contributed by atoms with van der Waals surface area (Å²) in [6.45, 7) is 4.55. The second-order valence-electron chi connectivity index (χ2n) is 5.59. The van der Waals surface area contributed by atoms with Crippen LogP contribution in [-0.4, -0.2) is 47.6 Å². The van der Waals surface area contributed by atoms with Crippen molar-refractivity contribution in [2.24, 2.45) is 0 Å². The van der Waals surface area contributed by atoms with Crippen molar-refractivity contribution < 1.29 is 9.47 Å². The van der Waals surface area contributed by atoms with E-state index in [9.17, 15) is 0 Å². The Morgan fingerprint density at radius 2 is 2.21 bits per heavy atom. The monoisotopic (exact) mass is 265 g/mol. The molecule has 0 aromatic carbocycles. The van der Waals surface area contributed by atoms with Crippen LogP contribution >= 0.6 is 0 Å². The van der Waals surface area contributed by atoms with Crippen LogP contribution < -0.4 is 5.32 Å². The second-order valence-corrected chi connectivity index (χ2v) is 5.59. The molecule has 1 N–H and O–H groups in total. The van der Waals surface area contributed by atoms with Crippen molar-refractivity contribution in [1.29, 1.82) is 0 Å². The summed E-state index contributed by atoms with van der Waals surface area (Å²) in [4.78, 5) is 4.06. The van der Waals surface area contributed by atoms with Crippen LogP contribution in [0.3, 0.4) is 0 Å². The first-order chi connectivity index (χ1) is 9.36. The zero-order valence-corrected chi connectivity index (χ0v) is 11.4. The van der Waals surface area contributed by atoms with Crippen molar-refractivity contribution in [2.75, 3.05) is 26.4 Å². The molecule has 1 spiro atoms. The van der Waals surface area contributed by atoms with E-state index in [1.165, 1.54) is 0 Å². The molecule has 2 aliphatic heterocycles. The van der Waals surface area contributed by atoms with Gasteiger partial charge in [-0.25, -0.2) is 4.98 Å². The molecule has 2 fully saturated rings. The molecule has 5 nitrogen and oxygen atoms in total. The molecular weight excluding hydrogens is 242 g/mol. The Labute approximate surface area is 114 Å². The van der Waals surface area contributed by atoms with Gasteiger partial charge in [0.1, 0.15) is 0 Å². The number of hydrogen-bond acceptors (Lipinski definition) is 4. The van der Waals surface area contributed by atoms with Gasteiger partial charge in [-0.1, -0.05) is 0 Å². The molecule has 106 valence electrons. The van der Waals surface area contributed by atoms with Crippen LogP contribution in [0, 0.1) is 0 Å². The van der Waals surface area contributed by atoms with Crippen molar-refractivity contribution in [3.8, 4) is 0 Å². The third-order valence-electron chi connectivity index (χ3n) is 4.26. The van der Waals surface area contributed by atoms with E-state index in [2.05, 4.69) is 14.9 Å². The van der Waals surface area contributed by atoms with Gasteiger partial charge in [0.2, 0.25) is 0 Å². The van der Waals surface area contributed by atoms with Crippen LogP contribution in [0.2, 0.25) is 0 Å². The highest BCUT2D eigenvalue weighted by molar-refractivity contribution is 4.91. The van der Waals surface area contributed by atoms with Gasteiger partial charge in [0.15, 0.2) is 0 Å². The second kappa shape index (κ2) is 6.03. The first-order valence-corrected chi connectivity index (χ1v) is 7.27. The van der Waals surface area contributed by atoms with E-state index in [-0.39, 0.29) is 5.60 Å². The quantitative estimate of drug-likeness (QED) is 0.888. The Bertz CT molecular complexity index is 369. The standard InChI is InChI=1S/C14H23N3O2/c1-8-19-14(2-9-18-10-3-14)11-13(1)16-5-7-17-6-4-15-12-17/h4,6,12-13,16H,1-3,5,7-11H2. The molecular formula is C14H23N3O2. The van der Waals surface area contributed by atoms with Crippen LogP contribution in [0.15, 0.2) is 18.7 Å². The topological polar surface area (TPSA) is 48.3 Å². The van der Waals surface area contributed by atoms with Gasteiger partial charge >= 0.3 is 0 Å². The van der Waals surface area contributed by atoms with Gasteiger partial charge in [-0.15, -0.1) is 0 Å². The van der Waals surface area contributed by atoms with Gasteiger partial charge in [0.05, 0.1) is 11.9 Å². The Balaban J connectivity index is 1.45. The molecule has 0 bridgehead atoms. The average molecular weight is 265 g/mol. The van der Waals surface area contributed by atoms with E-state index in [0.29, 0.717) is 6.04 Å². The highest BCUT2D eigenvalue weighted by Crippen LogP contribution is 2.34. The Morgan fingerprint density at radius 1 is 1.32 bits per heavy atom. The largest absolute Gasteiger partial charge is 0.381 e. The van der Waals surface area contributed by atoms with Crippen LogP contribution in [0.1, 0.15) is 25.7 Å². The summed E-state index contributed by atoms with van der Waals surface area (Å²) in [5.41, 5.74) is 0.0865. The maximum Gasteiger partial charge on any atom is 0.0946 e. The summed E-state index contributed by atoms with van der Waals surface area (Å²) in [6, 6.07) is 0.579. The van der Waals surface area contributed by atoms with E-state index in [4.69, 9.17) is 9.47 Å². The minimum absolute atomic E-state index is 0.0865. The normalized spacial score (nSPS) is 26.6. The predicted molar refractivity (Wildman–Crippen MR) is 72.0 cm³/mol. The smallest absolute Gasteiger partial charge is 0.0946 e. The van der Waals surface area contributed by atoms with Crippen molar-refractivity contribution in [3.05, 3.63) is 18.7 Å². The molecule has 3 heterocycles. The van der Waals surface area contributed by atoms with Crippen molar-refractivity contribution in [3.63, 3.8) is 0 Å². The SMILES string of the molecule is c1cn(CCNC2CCOC3(CCOCC3)C2)cn1. The number of nitrogens with one attached hydrogen (secondary N) is 1. The highest BCUT2D eigenvalue weighted by Gasteiger charge is 2.38. The molecule has 1 aromatic rings. The van der Waals surface area contributed by atoms with Crippen LogP contribution in [-0.2, 0) is 16.0 Å². The fraction of sp³-hybridized carbons (Fsp3) is 0.786. The van der Waals surface area contributed by atoms with Crippen molar-refractivity contribution >= 4 is 0 Å². The van der Waals surface area contributed by atoms with Gasteiger partial charge in [-0.05, 0) is 25.7 Å². The minimum Gasteiger partial charge on any atom is -0.381 e. The third kappa shape index (κ3) is 3.35. The first kappa shape index (κ1) is 13.1. The van der Waals surface area contributed by atoms with Gasteiger partial charge < -0.3 is 19.4 Å². The van der Waals surface area contributed by atoms with Crippen molar-refractivity contribution in [1.82, 2.24) is 14.9 Å².